The van der Waals surface area contributed by atoms with Crippen molar-refractivity contribution < 1.29 is 19.1 Å². The van der Waals surface area contributed by atoms with Crippen LogP contribution < -0.4 is 4.90 Å². The lowest BCUT2D eigenvalue weighted by Gasteiger charge is -2.33. The highest BCUT2D eigenvalue weighted by Crippen LogP contribution is 2.36. The third-order valence-electron chi connectivity index (χ3n) is 4.89. The summed E-state index contributed by atoms with van der Waals surface area (Å²) in [5.41, 5.74) is 0.318. The topological polar surface area (TPSA) is 66.9 Å². The molecule has 1 aromatic rings. The number of hydrogen-bond acceptors (Lipinski definition) is 5. The Kier molecular flexibility index (Phi) is 5.85. The number of amides is 2. The van der Waals surface area contributed by atoms with Crippen LogP contribution in [-0.4, -0.2) is 48.4 Å². The van der Waals surface area contributed by atoms with Gasteiger partial charge < -0.3 is 4.74 Å². The maximum absolute atomic E-state index is 12.9. The Morgan fingerprint density at radius 2 is 1.92 bits per heavy atom. The number of likely N-dealkylation sites (tertiary alicyclic amines) is 1. The Morgan fingerprint density at radius 1 is 1.23 bits per heavy atom. The average Bonchev–Trinajstić information content (AvgIpc) is 2.92. The van der Waals surface area contributed by atoms with Crippen LogP contribution in [0.3, 0.4) is 0 Å². The van der Waals surface area contributed by atoms with Gasteiger partial charge in [-0.3, -0.25) is 19.3 Å². The van der Waals surface area contributed by atoms with Crippen molar-refractivity contribution in [2.75, 3.05) is 24.6 Å². The molecule has 2 aliphatic rings. The van der Waals surface area contributed by atoms with Crippen LogP contribution in [0.2, 0.25) is 10.0 Å². The van der Waals surface area contributed by atoms with E-state index in [1.807, 2.05) is 4.90 Å². The number of benzene rings is 1. The highest BCUT2D eigenvalue weighted by atomic mass is 35.5. The van der Waals surface area contributed by atoms with E-state index < -0.39 is 6.04 Å². The van der Waals surface area contributed by atoms with Crippen molar-refractivity contribution in [3.63, 3.8) is 0 Å². The number of carbonyl (C=O) groups excluding carboxylic acids is 3. The first-order valence-corrected chi connectivity index (χ1v) is 9.41. The number of rotatable bonds is 4. The predicted molar refractivity (Wildman–Crippen MR) is 98.3 cm³/mol. The molecule has 2 saturated heterocycles. The van der Waals surface area contributed by atoms with Gasteiger partial charge in [-0.2, -0.15) is 0 Å². The normalized spacial score (nSPS) is 22.1. The standard InChI is InChI=1S/C18H20Cl2N2O4/c1-2-26-18(25)11-6-8-21(9-7-11)14-10-15(23)22(17(14)24)13-5-3-4-12(19)16(13)20/h3-5,11,14H,2,6-10H2,1H3/t14-/m1/s1. The van der Waals surface area contributed by atoms with Crippen LogP contribution in [0.15, 0.2) is 18.2 Å². The van der Waals surface area contributed by atoms with Crippen molar-refractivity contribution in [2.24, 2.45) is 5.92 Å². The zero-order valence-electron chi connectivity index (χ0n) is 14.4. The molecule has 8 heteroatoms. The van der Waals surface area contributed by atoms with Crippen LogP contribution in [0.1, 0.15) is 26.2 Å². The molecule has 0 unspecified atom stereocenters. The number of carbonyl (C=O) groups is 3. The fraction of sp³-hybridized carbons (Fsp3) is 0.500. The summed E-state index contributed by atoms with van der Waals surface area (Å²) in [5.74, 6) is -0.921. The van der Waals surface area contributed by atoms with Crippen molar-refractivity contribution in [1.82, 2.24) is 4.90 Å². The van der Waals surface area contributed by atoms with Crippen LogP contribution in [0, 0.1) is 5.92 Å². The fourth-order valence-corrected chi connectivity index (χ4v) is 3.91. The summed E-state index contributed by atoms with van der Waals surface area (Å²) >= 11 is 12.2. The van der Waals surface area contributed by atoms with Gasteiger partial charge in [-0.25, -0.2) is 4.90 Å². The minimum absolute atomic E-state index is 0.103. The monoisotopic (exact) mass is 398 g/mol. The third kappa shape index (κ3) is 3.59. The van der Waals surface area contributed by atoms with E-state index in [0.717, 1.165) is 4.90 Å². The Morgan fingerprint density at radius 3 is 2.58 bits per heavy atom. The smallest absolute Gasteiger partial charge is 0.309 e. The number of ether oxygens (including phenoxy) is 1. The van der Waals surface area contributed by atoms with Crippen LogP contribution in [0.4, 0.5) is 5.69 Å². The Labute approximate surface area is 162 Å². The molecule has 2 amide bonds. The molecule has 2 heterocycles. The zero-order valence-corrected chi connectivity index (χ0v) is 15.9. The molecule has 0 bridgehead atoms. The second-order valence-corrected chi connectivity index (χ2v) is 7.21. The van der Waals surface area contributed by atoms with Crippen LogP contribution in [0.5, 0.6) is 0 Å². The SMILES string of the molecule is CCOC(=O)C1CCN([C@@H]2CC(=O)N(c3cccc(Cl)c3Cl)C2=O)CC1. The third-order valence-corrected chi connectivity index (χ3v) is 5.69. The minimum Gasteiger partial charge on any atom is -0.466 e. The Bertz CT molecular complexity index is 732. The van der Waals surface area contributed by atoms with Gasteiger partial charge in [0.1, 0.15) is 0 Å². The molecule has 0 radical (unpaired) electrons. The molecule has 0 N–H and O–H groups in total. The molecule has 1 aromatic carbocycles. The summed E-state index contributed by atoms with van der Waals surface area (Å²) in [5, 5.41) is 0.487. The molecular formula is C18H20Cl2N2O4. The average molecular weight is 399 g/mol. The summed E-state index contributed by atoms with van der Waals surface area (Å²) < 4.78 is 5.07. The lowest BCUT2D eigenvalue weighted by Crippen LogP contribution is -2.47. The fourth-order valence-electron chi connectivity index (χ4n) is 3.53. The first-order chi connectivity index (χ1) is 12.4. The van der Waals surface area contributed by atoms with Crippen molar-refractivity contribution >= 4 is 46.7 Å². The molecule has 0 spiro atoms. The van der Waals surface area contributed by atoms with Crippen molar-refractivity contribution in [3.8, 4) is 0 Å². The van der Waals surface area contributed by atoms with E-state index >= 15 is 0 Å². The Hall–Kier alpha value is -1.63. The zero-order chi connectivity index (χ0) is 18.8. The lowest BCUT2D eigenvalue weighted by molar-refractivity contribution is -0.149. The highest BCUT2D eigenvalue weighted by Gasteiger charge is 2.44. The number of anilines is 1. The summed E-state index contributed by atoms with van der Waals surface area (Å²) in [6.07, 6.45) is 1.34. The van der Waals surface area contributed by atoms with E-state index in [1.54, 1.807) is 25.1 Å². The second kappa shape index (κ2) is 7.94. The van der Waals surface area contributed by atoms with Crippen LogP contribution in [0.25, 0.3) is 0 Å². The minimum atomic E-state index is -0.527. The lowest BCUT2D eigenvalue weighted by atomic mass is 9.95. The number of esters is 1. The van der Waals surface area contributed by atoms with E-state index in [1.165, 1.54) is 0 Å². The maximum Gasteiger partial charge on any atom is 0.309 e. The number of halogens is 2. The molecule has 140 valence electrons. The molecule has 3 rings (SSSR count). The van der Waals surface area contributed by atoms with Gasteiger partial charge in [-0.05, 0) is 45.0 Å². The highest BCUT2D eigenvalue weighted by molar-refractivity contribution is 6.44. The molecule has 0 aromatic heterocycles. The largest absolute Gasteiger partial charge is 0.466 e. The van der Waals surface area contributed by atoms with Crippen molar-refractivity contribution in [2.45, 2.75) is 32.2 Å². The van der Waals surface area contributed by atoms with Gasteiger partial charge in [-0.15, -0.1) is 0 Å². The molecule has 0 saturated carbocycles. The molecule has 1 atom stereocenters. The summed E-state index contributed by atoms with van der Waals surface area (Å²) in [4.78, 5) is 40.3. The van der Waals surface area contributed by atoms with Crippen LogP contribution in [-0.2, 0) is 19.1 Å². The molecule has 2 aliphatic heterocycles. The number of piperidine rings is 1. The van der Waals surface area contributed by atoms with Gasteiger partial charge in [-0.1, -0.05) is 29.3 Å². The molecule has 26 heavy (non-hydrogen) atoms. The van der Waals surface area contributed by atoms with E-state index in [4.69, 9.17) is 27.9 Å². The number of hydrogen-bond donors (Lipinski definition) is 0. The van der Waals surface area contributed by atoms with Crippen molar-refractivity contribution in [3.05, 3.63) is 28.2 Å². The van der Waals surface area contributed by atoms with Gasteiger partial charge in [0, 0.05) is 0 Å². The predicted octanol–water partition coefficient (Wildman–Crippen LogP) is 2.90. The summed E-state index contributed by atoms with van der Waals surface area (Å²) in [6, 6.07) is 4.35. The van der Waals surface area contributed by atoms with Gasteiger partial charge in [0.15, 0.2) is 0 Å². The molecule has 0 aliphatic carbocycles. The Balaban J connectivity index is 1.70. The molecule has 2 fully saturated rings. The van der Waals surface area contributed by atoms with E-state index in [9.17, 15) is 14.4 Å². The van der Waals surface area contributed by atoms with E-state index in [-0.39, 0.29) is 35.1 Å². The quantitative estimate of drug-likeness (QED) is 0.576. The van der Waals surface area contributed by atoms with E-state index in [0.29, 0.717) is 43.2 Å². The van der Waals surface area contributed by atoms with Gasteiger partial charge in [0.2, 0.25) is 5.91 Å². The van der Waals surface area contributed by atoms with Gasteiger partial charge in [0.05, 0.1) is 40.7 Å². The van der Waals surface area contributed by atoms with Gasteiger partial charge in [0.25, 0.3) is 5.91 Å². The molecule has 6 nitrogen and oxygen atoms in total. The van der Waals surface area contributed by atoms with Gasteiger partial charge >= 0.3 is 5.97 Å². The van der Waals surface area contributed by atoms with E-state index in [2.05, 4.69) is 0 Å². The summed E-state index contributed by atoms with van der Waals surface area (Å²) in [7, 11) is 0. The summed E-state index contributed by atoms with van der Waals surface area (Å²) in [6.45, 7) is 3.30. The van der Waals surface area contributed by atoms with Crippen molar-refractivity contribution in [1.29, 1.82) is 0 Å². The number of imide groups is 1. The maximum atomic E-state index is 12.9. The first kappa shape index (κ1) is 19.1. The molecular weight excluding hydrogens is 379 g/mol. The second-order valence-electron chi connectivity index (χ2n) is 6.42. The van der Waals surface area contributed by atoms with Crippen LogP contribution >= 0.6 is 23.2 Å². The first-order valence-electron chi connectivity index (χ1n) is 8.65. The number of nitrogens with zero attached hydrogens (tertiary/aromatic N) is 2.